The van der Waals surface area contributed by atoms with Crippen LogP contribution in [0.25, 0.3) is 43.9 Å². The van der Waals surface area contributed by atoms with E-state index >= 15 is 4.39 Å². The largest absolute Gasteiger partial charge is 0.342 e. The first-order chi connectivity index (χ1) is 18.8. The van der Waals surface area contributed by atoms with E-state index in [2.05, 4.69) is 28.7 Å². The van der Waals surface area contributed by atoms with Crippen LogP contribution >= 0.6 is 0 Å². The summed E-state index contributed by atoms with van der Waals surface area (Å²) in [5, 5.41) is 0. The SMILES string of the molecule is [C-]#[N+]c1ccc(-c2nc(N3CCC(N(C)C)CC3)n3ccnc3c2-c2cc(F)c3c(c2)n(C)c(=O)n3C)cc1. The van der Waals surface area contributed by atoms with Crippen molar-refractivity contribution in [1.29, 1.82) is 0 Å². The minimum Gasteiger partial charge on any atom is -0.342 e. The lowest BCUT2D eigenvalue weighted by atomic mass is 9.99. The summed E-state index contributed by atoms with van der Waals surface area (Å²) in [7, 11) is 7.44. The molecule has 0 amide bonds. The Morgan fingerprint density at radius 2 is 1.77 bits per heavy atom. The fourth-order valence-electron chi connectivity index (χ4n) is 5.68. The Morgan fingerprint density at radius 3 is 2.44 bits per heavy atom. The minimum atomic E-state index is -0.489. The number of aryl methyl sites for hydroxylation is 2. The smallest absolute Gasteiger partial charge is 0.328 e. The Bertz CT molecular complexity index is 1820. The predicted octanol–water partition coefficient (Wildman–Crippen LogP) is 4.47. The molecule has 0 aliphatic carbocycles. The predicted molar refractivity (Wildman–Crippen MR) is 151 cm³/mol. The zero-order valence-electron chi connectivity index (χ0n) is 22.4. The van der Waals surface area contributed by atoms with Crippen LogP contribution in [0.5, 0.6) is 0 Å². The molecule has 0 bridgehead atoms. The lowest BCUT2D eigenvalue weighted by Gasteiger charge is -2.36. The zero-order chi connectivity index (χ0) is 27.4. The Kier molecular flexibility index (Phi) is 5.96. The number of hydrogen-bond acceptors (Lipinski definition) is 5. The number of benzene rings is 2. The van der Waals surface area contributed by atoms with E-state index in [1.165, 1.54) is 15.2 Å². The van der Waals surface area contributed by atoms with Gasteiger partial charge in [-0.1, -0.05) is 24.3 Å². The zero-order valence-corrected chi connectivity index (χ0v) is 22.4. The van der Waals surface area contributed by atoms with Crippen molar-refractivity contribution in [2.75, 3.05) is 32.1 Å². The van der Waals surface area contributed by atoms with Crippen LogP contribution in [0.4, 0.5) is 16.0 Å². The summed E-state index contributed by atoms with van der Waals surface area (Å²) in [6.07, 6.45) is 5.66. The number of anilines is 1. The van der Waals surface area contributed by atoms with Crippen LogP contribution in [0.15, 0.2) is 53.6 Å². The van der Waals surface area contributed by atoms with Crippen LogP contribution in [0.2, 0.25) is 0 Å². The van der Waals surface area contributed by atoms with Crippen LogP contribution in [-0.2, 0) is 14.1 Å². The molecule has 0 unspecified atom stereocenters. The highest BCUT2D eigenvalue weighted by atomic mass is 19.1. The molecule has 1 aliphatic rings. The molecule has 9 nitrogen and oxygen atoms in total. The first kappa shape index (κ1) is 24.8. The van der Waals surface area contributed by atoms with E-state index in [0.29, 0.717) is 39.7 Å². The summed E-state index contributed by atoms with van der Waals surface area (Å²) in [6, 6.07) is 11.1. The van der Waals surface area contributed by atoms with Crippen LogP contribution in [0.1, 0.15) is 12.8 Å². The third kappa shape index (κ3) is 3.97. The van der Waals surface area contributed by atoms with Crippen LogP contribution in [-0.4, -0.2) is 61.6 Å². The van der Waals surface area contributed by atoms with Gasteiger partial charge in [0.15, 0.2) is 5.69 Å². The normalized spacial score (nSPS) is 14.5. The molecule has 39 heavy (non-hydrogen) atoms. The van der Waals surface area contributed by atoms with Gasteiger partial charge in [0.05, 0.1) is 23.3 Å². The third-order valence-corrected chi connectivity index (χ3v) is 7.88. The molecule has 4 heterocycles. The van der Waals surface area contributed by atoms with Gasteiger partial charge in [-0.05, 0) is 50.2 Å². The van der Waals surface area contributed by atoms with Crippen molar-refractivity contribution in [3.05, 3.63) is 76.5 Å². The van der Waals surface area contributed by atoms with Crippen molar-refractivity contribution in [1.82, 2.24) is 28.4 Å². The molecule has 5 aromatic rings. The monoisotopic (exact) mass is 524 g/mol. The lowest BCUT2D eigenvalue weighted by molar-refractivity contribution is 0.249. The van der Waals surface area contributed by atoms with Gasteiger partial charge < -0.3 is 9.80 Å². The number of hydrogen-bond donors (Lipinski definition) is 0. The van der Waals surface area contributed by atoms with Crippen molar-refractivity contribution >= 4 is 28.3 Å². The van der Waals surface area contributed by atoms with Gasteiger partial charge in [-0.2, -0.15) is 0 Å². The first-order valence-electron chi connectivity index (χ1n) is 12.9. The molecular weight excluding hydrogens is 495 g/mol. The van der Waals surface area contributed by atoms with Crippen molar-refractivity contribution in [2.24, 2.45) is 14.1 Å². The van der Waals surface area contributed by atoms with E-state index in [4.69, 9.17) is 16.5 Å². The maximum absolute atomic E-state index is 15.6. The molecule has 1 saturated heterocycles. The van der Waals surface area contributed by atoms with Gasteiger partial charge in [0.2, 0.25) is 5.95 Å². The number of aromatic nitrogens is 5. The van der Waals surface area contributed by atoms with E-state index in [-0.39, 0.29) is 11.2 Å². The van der Waals surface area contributed by atoms with Crippen LogP contribution in [0, 0.1) is 12.4 Å². The van der Waals surface area contributed by atoms with Gasteiger partial charge >= 0.3 is 5.69 Å². The number of imidazole rings is 2. The highest BCUT2D eigenvalue weighted by molar-refractivity contribution is 5.94. The Morgan fingerprint density at radius 1 is 1.05 bits per heavy atom. The second kappa shape index (κ2) is 9.36. The van der Waals surface area contributed by atoms with Crippen molar-refractivity contribution in [3.8, 4) is 22.4 Å². The molecule has 0 spiro atoms. The molecule has 0 atom stereocenters. The van der Waals surface area contributed by atoms with Gasteiger partial charge in [-0.3, -0.25) is 13.5 Å². The molecule has 1 aliphatic heterocycles. The van der Waals surface area contributed by atoms with E-state index in [0.717, 1.165) is 37.4 Å². The molecule has 198 valence electrons. The van der Waals surface area contributed by atoms with Crippen LogP contribution in [0.3, 0.4) is 0 Å². The number of rotatable bonds is 4. The Balaban J connectivity index is 1.61. The molecule has 0 radical (unpaired) electrons. The summed E-state index contributed by atoms with van der Waals surface area (Å²) in [5.74, 6) is 0.290. The third-order valence-electron chi connectivity index (χ3n) is 7.88. The average Bonchev–Trinajstić information content (AvgIpc) is 3.52. The maximum atomic E-state index is 15.6. The summed E-state index contributed by atoms with van der Waals surface area (Å²) in [5.41, 5.74) is 4.32. The Labute approximate surface area is 225 Å². The number of piperidine rings is 1. The number of nitrogens with zero attached hydrogens (tertiary/aromatic N) is 8. The van der Waals surface area contributed by atoms with Crippen molar-refractivity contribution in [2.45, 2.75) is 18.9 Å². The Hall–Kier alpha value is -4.49. The van der Waals surface area contributed by atoms with Gasteiger partial charge in [0, 0.05) is 45.6 Å². The summed E-state index contributed by atoms with van der Waals surface area (Å²) < 4.78 is 20.3. The first-order valence-corrected chi connectivity index (χ1v) is 12.9. The highest BCUT2D eigenvalue weighted by Gasteiger charge is 2.27. The van der Waals surface area contributed by atoms with E-state index in [1.54, 1.807) is 32.4 Å². The summed E-state index contributed by atoms with van der Waals surface area (Å²) in [4.78, 5) is 30.6. The topological polar surface area (TPSA) is 68.0 Å². The highest BCUT2D eigenvalue weighted by Crippen LogP contribution is 2.38. The summed E-state index contributed by atoms with van der Waals surface area (Å²) in [6.45, 7) is 9.06. The van der Waals surface area contributed by atoms with E-state index in [1.807, 2.05) is 28.8 Å². The lowest BCUT2D eigenvalue weighted by Crippen LogP contribution is -2.43. The second-order valence-corrected chi connectivity index (χ2v) is 10.3. The average molecular weight is 525 g/mol. The van der Waals surface area contributed by atoms with Crippen molar-refractivity contribution in [3.63, 3.8) is 0 Å². The number of fused-ring (bicyclic) bond motifs is 2. The molecule has 0 saturated carbocycles. The van der Waals surface area contributed by atoms with Crippen LogP contribution < -0.4 is 10.6 Å². The van der Waals surface area contributed by atoms with E-state index < -0.39 is 5.82 Å². The van der Waals surface area contributed by atoms with Gasteiger partial charge in [-0.15, -0.1) is 0 Å². The van der Waals surface area contributed by atoms with Crippen molar-refractivity contribution < 1.29 is 4.39 Å². The summed E-state index contributed by atoms with van der Waals surface area (Å²) >= 11 is 0. The molecule has 2 aromatic carbocycles. The fraction of sp³-hybridized carbons (Fsp3) is 0.310. The van der Waals surface area contributed by atoms with Gasteiger partial charge in [-0.25, -0.2) is 24.0 Å². The molecule has 3 aromatic heterocycles. The molecule has 6 rings (SSSR count). The quantitative estimate of drug-likeness (QED) is 0.325. The van der Waals surface area contributed by atoms with Gasteiger partial charge in [0.1, 0.15) is 17.0 Å². The molecule has 0 N–H and O–H groups in total. The van der Waals surface area contributed by atoms with E-state index in [9.17, 15) is 4.79 Å². The maximum Gasteiger partial charge on any atom is 0.328 e. The molecular formula is C29H29FN8O. The fourth-order valence-corrected chi connectivity index (χ4v) is 5.68. The minimum absolute atomic E-state index is 0.252. The van der Waals surface area contributed by atoms with Gasteiger partial charge in [0.25, 0.3) is 0 Å². The molecule has 1 fully saturated rings. The standard InChI is InChI=1S/C29H29FN8O/c1-31-20-8-6-18(7-9-20)25-24(19-16-22(30)26-23(17-19)35(4)29(39)36(26)5)27-32-12-15-38(27)28(33-25)37-13-10-21(11-14-37)34(2)3/h6-9,12,15-17,21H,10-11,13-14H2,2-5H3. The number of halogens is 1. The molecule has 10 heteroatoms. The second-order valence-electron chi connectivity index (χ2n) is 10.3.